The molecule has 0 radical (unpaired) electrons. The summed E-state index contributed by atoms with van der Waals surface area (Å²) < 4.78 is 3.30. The average Bonchev–Trinajstić information content (AvgIpc) is 2.73. The number of nitrogens with zero attached hydrogens (tertiary/aromatic N) is 3. The third-order valence-corrected chi connectivity index (χ3v) is 3.53. The minimum absolute atomic E-state index is 0.0722. The number of nitro benzene ring substituents is 1. The van der Waals surface area contributed by atoms with Gasteiger partial charge in [0.1, 0.15) is 0 Å². The maximum atomic E-state index is 12.2. The number of aromatic nitrogens is 2. The van der Waals surface area contributed by atoms with Crippen LogP contribution >= 0.6 is 0 Å². The largest absolute Gasteiger partial charge is 0.278 e. The summed E-state index contributed by atoms with van der Waals surface area (Å²) in [6.07, 6.45) is 0. The van der Waals surface area contributed by atoms with Crippen LogP contribution in [0.2, 0.25) is 0 Å². The molecule has 1 aromatic heterocycles. The highest BCUT2D eigenvalue weighted by Gasteiger charge is 2.15. The molecule has 21 heavy (non-hydrogen) atoms. The van der Waals surface area contributed by atoms with E-state index in [-0.39, 0.29) is 11.2 Å². The summed E-state index contributed by atoms with van der Waals surface area (Å²) in [4.78, 5) is 22.6. The summed E-state index contributed by atoms with van der Waals surface area (Å²) in [5.74, 6) is 0. The number of hydrogen-bond donors (Lipinski definition) is 0. The molecule has 0 atom stereocenters. The summed E-state index contributed by atoms with van der Waals surface area (Å²) in [6.45, 7) is 0.536. The first-order valence-corrected chi connectivity index (χ1v) is 6.46. The molecule has 0 spiro atoms. The minimum Gasteiger partial charge on any atom is -0.278 e. The second-order valence-electron chi connectivity index (χ2n) is 4.83. The first kappa shape index (κ1) is 13.1. The highest BCUT2D eigenvalue weighted by molar-refractivity contribution is 5.81. The van der Waals surface area contributed by atoms with E-state index in [1.54, 1.807) is 13.1 Å². The fourth-order valence-electron chi connectivity index (χ4n) is 2.43. The van der Waals surface area contributed by atoms with Gasteiger partial charge in [0.15, 0.2) is 0 Å². The molecule has 0 saturated heterocycles. The lowest BCUT2D eigenvalue weighted by Gasteiger charge is -2.09. The van der Waals surface area contributed by atoms with Crippen molar-refractivity contribution in [2.45, 2.75) is 6.54 Å². The van der Waals surface area contributed by atoms with Gasteiger partial charge in [-0.3, -0.25) is 24.3 Å². The molecule has 0 unspecified atom stereocenters. The molecular formula is C15H13N3O3. The monoisotopic (exact) mass is 283 g/mol. The Labute approximate surface area is 120 Å². The fraction of sp³-hybridized carbons (Fsp3) is 0.133. The van der Waals surface area contributed by atoms with E-state index in [0.29, 0.717) is 17.4 Å². The van der Waals surface area contributed by atoms with E-state index in [4.69, 9.17) is 0 Å². The van der Waals surface area contributed by atoms with Crippen molar-refractivity contribution in [2.75, 3.05) is 0 Å². The first-order valence-electron chi connectivity index (χ1n) is 6.46. The van der Waals surface area contributed by atoms with Gasteiger partial charge in [0.25, 0.3) is 11.2 Å². The molecule has 0 bridgehead atoms. The molecule has 0 aliphatic rings. The van der Waals surface area contributed by atoms with Crippen LogP contribution in [0.4, 0.5) is 5.69 Å². The standard InChI is InChI=1S/C15H13N3O3/c1-16-15(19)13-9-12(18(20)21)7-8-14(13)17(16)10-11-5-3-2-4-6-11/h2-9H,10H2,1H3. The van der Waals surface area contributed by atoms with E-state index in [0.717, 1.165) is 5.56 Å². The molecule has 6 nitrogen and oxygen atoms in total. The van der Waals surface area contributed by atoms with Crippen molar-refractivity contribution in [3.05, 3.63) is 74.6 Å². The zero-order valence-electron chi connectivity index (χ0n) is 11.4. The number of rotatable bonds is 3. The summed E-state index contributed by atoms with van der Waals surface area (Å²) in [5, 5.41) is 11.2. The molecule has 0 aliphatic heterocycles. The lowest BCUT2D eigenvalue weighted by Crippen LogP contribution is -2.19. The quantitative estimate of drug-likeness (QED) is 0.547. The molecule has 0 amide bonds. The summed E-state index contributed by atoms with van der Waals surface area (Å²) in [5.41, 5.74) is 1.45. The molecule has 3 aromatic rings. The van der Waals surface area contributed by atoms with Crippen LogP contribution < -0.4 is 5.56 Å². The van der Waals surface area contributed by atoms with Crippen molar-refractivity contribution in [3.8, 4) is 0 Å². The predicted octanol–water partition coefficient (Wildman–Crippen LogP) is 2.30. The molecule has 1 heterocycles. The van der Waals surface area contributed by atoms with E-state index < -0.39 is 4.92 Å². The highest BCUT2D eigenvalue weighted by atomic mass is 16.6. The molecular weight excluding hydrogens is 270 g/mol. The van der Waals surface area contributed by atoms with Crippen LogP contribution in [0.1, 0.15) is 5.56 Å². The third kappa shape index (κ3) is 2.20. The van der Waals surface area contributed by atoms with Crippen molar-refractivity contribution in [1.82, 2.24) is 9.36 Å². The zero-order chi connectivity index (χ0) is 15.0. The normalized spacial score (nSPS) is 10.9. The van der Waals surface area contributed by atoms with E-state index in [9.17, 15) is 14.9 Å². The maximum Gasteiger partial charge on any atom is 0.274 e. The molecule has 3 rings (SSSR count). The average molecular weight is 283 g/mol. The lowest BCUT2D eigenvalue weighted by molar-refractivity contribution is -0.384. The summed E-state index contributed by atoms with van der Waals surface area (Å²) in [6, 6.07) is 14.1. The van der Waals surface area contributed by atoms with E-state index in [1.165, 1.54) is 16.8 Å². The van der Waals surface area contributed by atoms with Crippen molar-refractivity contribution in [2.24, 2.45) is 7.05 Å². The minimum atomic E-state index is -0.493. The van der Waals surface area contributed by atoms with Gasteiger partial charge in [-0.2, -0.15) is 0 Å². The van der Waals surface area contributed by atoms with Gasteiger partial charge in [-0.25, -0.2) is 0 Å². The van der Waals surface area contributed by atoms with Crippen LogP contribution in [-0.4, -0.2) is 14.3 Å². The molecule has 0 N–H and O–H groups in total. The van der Waals surface area contributed by atoms with Crippen molar-refractivity contribution in [3.63, 3.8) is 0 Å². The number of hydrogen-bond acceptors (Lipinski definition) is 3. The van der Waals surface area contributed by atoms with Gasteiger partial charge in [-0.15, -0.1) is 0 Å². The van der Waals surface area contributed by atoms with Gasteiger partial charge < -0.3 is 0 Å². The number of non-ortho nitro benzene ring substituents is 1. The van der Waals surface area contributed by atoms with Crippen LogP contribution in [-0.2, 0) is 13.6 Å². The summed E-state index contributed by atoms with van der Waals surface area (Å²) in [7, 11) is 1.66. The van der Waals surface area contributed by atoms with Crippen molar-refractivity contribution in [1.29, 1.82) is 0 Å². The predicted molar refractivity (Wildman–Crippen MR) is 79.4 cm³/mol. The van der Waals surface area contributed by atoms with Gasteiger partial charge in [0.05, 0.1) is 22.4 Å². The molecule has 2 aromatic carbocycles. The number of fused-ring (bicyclic) bond motifs is 1. The van der Waals surface area contributed by atoms with Gasteiger partial charge in [-0.1, -0.05) is 30.3 Å². The maximum absolute atomic E-state index is 12.2. The topological polar surface area (TPSA) is 70.1 Å². The van der Waals surface area contributed by atoms with Gasteiger partial charge in [-0.05, 0) is 11.6 Å². The zero-order valence-corrected chi connectivity index (χ0v) is 11.4. The molecule has 0 saturated carbocycles. The second-order valence-corrected chi connectivity index (χ2v) is 4.83. The molecule has 0 fully saturated rings. The Hall–Kier alpha value is -2.89. The van der Waals surface area contributed by atoms with Gasteiger partial charge in [0, 0.05) is 19.2 Å². The summed E-state index contributed by atoms with van der Waals surface area (Å²) >= 11 is 0. The Morgan fingerprint density at radius 2 is 1.86 bits per heavy atom. The highest BCUT2D eigenvalue weighted by Crippen LogP contribution is 2.19. The van der Waals surface area contributed by atoms with Crippen LogP contribution in [0.15, 0.2) is 53.3 Å². The van der Waals surface area contributed by atoms with Crippen LogP contribution in [0.25, 0.3) is 10.9 Å². The number of nitro groups is 1. The van der Waals surface area contributed by atoms with Crippen molar-refractivity contribution >= 4 is 16.6 Å². The Bertz CT molecular complexity index is 878. The Balaban J connectivity index is 2.17. The van der Waals surface area contributed by atoms with E-state index in [1.807, 2.05) is 35.0 Å². The van der Waals surface area contributed by atoms with Gasteiger partial charge in [0.2, 0.25) is 0 Å². The fourth-order valence-corrected chi connectivity index (χ4v) is 2.43. The van der Waals surface area contributed by atoms with Gasteiger partial charge >= 0.3 is 0 Å². The van der Waals surface area contributed by atoms with E-state index in [2.05, 4.69) is 0 Å². The van der Waals surface area contributed by atoms with Crippen molar-refractivity contribution < 1.29 is 4.92 Å². The Kier molecular flexibility index (Phi) is 3.06. The molecule has 106 valence electrons. The van der Waals surface area contributed by atoms with Crippen LogP contribution in [0.5, 0.6) is 0 Å². The first-order chi connectivity index (χ1) is 10.1. The third-order valence-electron chi connectivity index (χ3n) is 3.53. The molecule has 0 aliphatic carbocycles. The smallest absolute Gasteiger partial charge is 0.274 e. The second kappa shape index (κ2) is 4.90. The van der Waals surface area contributed by atoms with Crippen LogP contribution in [0.3, 0.4) is 0 Å². The Morgan fingerprint density at radius 3 is 2.52 bits per heavy atom. The lowest BCUT2D eigenvalue weighted by atomic mass is 10.2. The Morgan fingerprint density at radius 1 is 1.14 bits per heavy atom. The SMILES string of the molecule is Cn1c(=O)c2cc([N+](=O)[O-])ccc2n1Cc1ccccc1. The van der Waals surface area contributed by atoms with Crippen LogP contribution in [0, 0.1) is 10.1 Å². The number of benzene rings is 2. The molecule has 6 heteroatoms. The van der Waals surface area contributed by atoms with E-state index >= 15 is 0 Å².